The van der Waals surface area contributed by atoms with Crippen LogP contribution < -0.4 is 0 Å². The third-order valence-electron chi connectivity index (χ3n) is 5.78. The summed E-state index contributed by atoms with van der Waals surface area (Å²) in [5.74, 6) is 0.00412. The Hall–Kier alpha value is -2.21. The third-order valence-corrected chi connectivity index (χ3v) is 5.78. The van der Waals surface area contributed by atoms with E-state index in [2.05, 4.69) is 29.1 Å². The molecule has 0 unspecified atom stereocenters. The molecule has 0 spiro atoms. The van der Waals surface area contributed by atoms with Gasteiger partial charge in [-0.1, -0.05) is 29.4 Å². The normalized spacial score (nSPS) is 21.7. The predicted octanol–water partition coefficient (Wildman–Crippen LogP) is 3.11. The molecule has 6 heteroatoms. The van der Waals surface area contributed by atoms with Gasteiger partial charge in [-0.15, -0.1) is 0 Å². The molecule has 6 nitrogen and oxygen atoms in total. The summed E-state index contributed by atoms with van der Waals surface area (Å²) in [6.45, 7) is 7.75. The van der Waals surface area contributed by atoms with Gasteiger partial charge < -0.3 is 9.57 Å². The minimum atomic E-state index is -0.565. The van der Waals surface area contributed by atoms with E-state index >= 15 is 0 Å². The number of piperidine rings is 1. The van der Waals surface area contributed by atoms with E-state index in [1.807, 2.05) is 19.1 Å². The van der Waals surface area contributed by atoms with Gasteiger partial charge in [-0.2, -0.15) is 0 Å². The van der Waals surface area contributed by atoms with Crippen molar-refractivity contribution in [2.45, 2.75) is 52.6 Å². The van der Waals surface area contributed by atoms with Crippen LogP contribution in [0.1, 0.15) is 50.7 Å². The van der Waals surface area contributed by atoms with Crippen LogP contribution in [0.2, 0.25) is 0 Å². The van der Waals surface area contributed by atoms with Gasteiger partial charge in [0.05, 0.1) is 24.3 Å². The SMILES string of the molecule is CCOC(=O)C1(C[C@@H]2CC(c3ccccc3C)=NO2)CCN(CC(C)=O)CC1. The number of nitrogens with zero attached hydrogens (tertiary/aromatic N) is 2. The highest BCUT2D eigenvalue weighted by Gasteiger charge is 2.46. The fourth-order valence-electron chi connectivity index (χ4n) is 4.26. The number of esters is 1. The number of carbonyl (C=O) groups is 2. The van der Waals surface area contributed by atoms with Gasteiger partial charge >= 0.3 is 5.97 Å². The maximum absolute atomic E-state index is 12.8. The average molecular weight is 386 g/mol. The van der Waals surface area contributed by atoms with Crippen molar-refractivity contribution < 1.29 is 19.2 Å². The first-order valence-electron chi connectivity index (χ1n) is 10.1. The van der Waals surface area contributed by atoms with Gasteiger partial charge in [0.15, 0.2) is 0 Å². The molecule has 2 heterocycles. The summed E-state index contributed by atoms with van der Waals surface area (Å²) in [5.41, 5.74) is 2.65. The second-order valence-corrected chi connectivity index (χ2v) is 7.97. The molecule has 0 bridgehead atoms. The van der Waals surface area contributed by atoms with Gasteiger partial charge in [-0.25, -0.2) is 0 Å². The zero-order valence-electron chi connectivity index (χ0n) is 17.1. The largest absolute Gasteiger partial charge is 0.466 e. The number of hydrogen-bond acceptors (Lipinski definition) is 6. The number of aryl methyl sites for hydroxylation is 1. The number of likely N-dealkylation sites (tertiary alicyclic amines) is 1. The molecular formula is C22H30N2O4. The second kappa shape index (κ2) is 8.86. The van der Waals surface area contributed by atoms with E-state index in [-0.39, 0.29) is 17.9 Å². The molecule has 152 valence electrons. The lowest BCUT2D eigenvalue weighted by molar-refractivity contribution is -0.161. The first-order chi connectivity index (χ1) is 13.4. The highest BCUT2D eigenvalue weighted by molar-refractivity contribution is 6.02. The highest BCUT2D eigenvalue weighted by Crippen LogP contribution is 2.40. The Morgan fingerprint density at radius 1 is 1.29 bits per heavy atom. The number of ether oxygens (including phenoxy) is 1. The van der Waals surface area contributed by atoms with Gasteiger partial charge in [0.1, 0.15) is 11.9 Å². The van der Waals surface area contributed by atoms with Crippen molar-refractivity contribution in [1.29, 1.82) is 0 Å². The Kier molecular flexibility index (Phi) is 6.50. The summed E-state index contributed by atoms with van der Waals surface area (Å²) in [4.78, 5) is 32.1. The van der Waals surface area contributed by atoms with Gasteiger partial charge in [0.25, 0.3) is 0 Å². The molecule has 3 rings (SSSR count). The second-order valence-electron chi connectivity index (χ2n) is 7.97. The number of oxime groups is 1. The van der Waals surface area contributed by atoms with Crippen LogP contribution in [0.25, 0.3) is 0 Å². The molecule has 1 aromatic rings. The summed E-state index contributed by atoms with van der Waals surface area (Å²) < 4.78 is 5.42. The molecular weight excluding hydrogens is 356 g/mol. The fraction of sp³-hybridized carbons (Fsp3) is 0.591. The average Bonchev–Trinajstić information content (AvgIpc) is 3.11. The summed E-state index contributed by atoms with van der Waals surface area (Å²) in [6, 6.07) is 8.14. The zero-order chi connectivity index (χ0) is 20.1. The highest BCUT2D eigenvalue weighted by atomic mass is 16.6. The van der Waals surface area contributed by atoms with E-state index in [0.717, 1.165) is 24.4 Å². The minimum absolute atomic E-state index is 0.127. The monoisotopic (exact) mass is 386 g/mol. The fourth-order valence-corrected chi connectivity index (χ4v) is 4.26. The van der Waals surface area contributed by atoms with Gasteiger partial charge in [-0.3, -0.25) is 14.5 Å². The topological polar surface area (TPSA) is 68.2 Å². The van der Waals surface area contributed by atoms with Crippen LogP contribution >= 0.6 is 0 Å². The van der Waals surface area contributed by atoms with Crippen molar-refractivity contribution in [2.75, 3.05) is 26.2 Å². The van der Waals surface area contributed by atoms with E-state index in [4.69, 9.17) is 9.57 Å². The Bertz CT molecular complexity index is 751. The molecule has 1 atom stereocenters. The molecule has 0 amide bonds. The van der Waals surface area contributed by atoms with Crippen LogP contribution in [-0.2, 0) is 19.2 Å². The van der Waals surface area contributed by atoms with E-state index in [0.29, 0.717) is 38.8 Å². The molecule has 0 aliphatic carbocycles. The van der Waals surface area contributed by atoms with Gasteiger partial charge in [-0.05, 0) is 52.3 Å². The van der Waals surface area contributed by atoms with Gasteiger partial charge in [0, 0.05) is 18.4 Å². The van der Waals surface area contributed by atoms with Crippen LogP contribution in [0.5, 0.6) is 0 Å². The molecule has 28 heavy (non-hydrogen) atoms. The quantitative estimate of drug-likeness (QED) is 0.674. The zero-order valence-corrected chi connectivity index (χ0v) is 17.1. The number of Topliss-reactive ketones (excluding diaryl/α,β-unsaturated/α-hetero) is 1. The number of benzene rings is 1. The minimum Gasteiger partial charge on any atom is -0.466 e. The maximum atomic E-state index is 12.8. The molecule has 1 saturated heterocycles. The van der Waals surface area contributed by atoms with Crippen molar-refractivity contribution in [3.63, 3.8) is 0 Å². The standard InChI is InChI=1S/C22H30N2O4/c1-4-27-21(26)22(9-11-24(12-10-22)15-17(3)25)14-18-13-20(23-28-18)19-8-6-5-7-16(19)2/h5-8,18H,4,9-15H2,1-3H3/t18-/m0/s1. The summed E-state index contributed by atoms with van der Waals surface area (Å²) in [6.07, 6.45) is 2.53. The van der Waals surface area contributed by atoms with Crippen molar-refractivity contribution in [2.24, 2.45) is 10.6 Å². The van der Waals surface area contributed by atoms with Crippen LogP contribution in [0.4, 0.5) is 0 Å². The lowest BCUT2D eigenvalue weighted by Gasteiger charge is -2.40. The molecule has 0 saturated carbocycles. The summed E-state index contributed by atoms with van der Waals surface area (Å²) in [7, 11) is 0. The van der Waals surface area contributed by atoms with E-state index in [9.17, 15) is 9.59 Å². The van der Waals surface area contributed by atoms with Crippen LogP contribution in [-0.4, -0.2) is 54.7 Å². The van der Waals surface area contributed by atoms with Crippen molar-refractivity contribution >= 4 is 17.5 Å². The van der Waals surface area contributed by atoms with Crippen molar-refractivity contribution in [3.8, 4) is 0 Å². The Labute approximate surface area is 166 Å². The number of ketones is 1. The molecule has 2 aliphatic heterocycles. The Morgan fingerprint density at radius 2 is 2.00 bits per heavy atom. The summed E-state index contributed by atoms with van der Waals surface area (Å²) in [5, 5.41) is 4.31. The number of hydrogen-bond donors (Lipinski definition) is 0. The number of carbonyl (C=O) groups excluding carboxylic acids is 2. The van der Waals surface area contributed by atoms with Crippen molar-refractivity contribution in [3.05, 3.63) is 35.4 Å². The Balaban J connectivity index is 1.67. The molecule has 1 fully saturated rings. The predicted molar refractivity (Wildman–Crippen MR) is 107 cm³/mol. The lowest BCUT2D eigenvalue weighted by atomic mass is 9.73. The van der Waals surface area contributed by atoms with Crippen LogP contribution in [0, 0.1) is 12.3 Å². The van der Waals surface area contributed by atoms with E-state index in [1.165, 1.54) is 5.56 Å². The van der Waals surface area contributed by atoms with Crippen molar-refractivity contribution in [1.82, 2.24) is 4.90 Å². The molecule has 1 aromatic carbocycles. The van der Waals surface area contributed by atoms with Gasteiger partial charge in [0.2, 0.25) is 0 Å². The molecule has 0 N–H and O–H groups in total. The number of rotatable bonds is 7. The van der Waals surface area contributed by atoms with E-state index in [1.54, 1.807) is 6.92 Å². The Morgan fingerprint density at radius 3 is 2.64 bits per heavy atom. The van der Waals surface area contributed by atoms with Crippen LogP contribution in [0.15, 0.2) is 29.4 Å². The van der Waals surface area contributed by atoms with E-state index < -0.39 is 5.41 Å². The maximum Gasteiger partial charge on any atom is 0.312 e. The smallest absolute Gasteiger partial charge is 0.312 e. The summed E-state index contributed by atoms with van der Waals surface area (Å²) >= 11 is 0. The van der Waals surface area contributed by atoms with Crippen LogP contribution in [0.3, 0.4) is 0 Å². The first-order valence-corrected chi connectivity index (χ1v) is 10.1. The first kappa shape index (κ1) is 20.5. The third kappa shape index (κ3) is 4.61. The lowest BCUT2D eigenvalue weighted by Crippen LogP contribution is -2.47. The molecule has 0 radical (unpaired) electrons. The molecule has 2 aliphatic rings. The molecule has 0 aromatic heterocycles.